The Labute approximate surface area is 145 Å². The van der Waals surface area contributed by atoms with E-state index in [9.17, 15) is 0 Å². The second kappa shape index (κ2) is 8.85. The largest absolute Gasteiger partial charge is 0.397 e. The molecule has 1 amide bonds. The zero-order valence-corrected chi connectivity index (χ0v) is 14.1. The summed E-state index contributed by atoms with van der Waals surface area (Å²) in [6, 6.07) is 21.9. The summed E-state index contributed by atoms with van der Waals surface area (Å²) in [6.45, 7) is 1.93. The highest BCUT2D eigenvalue weighted by atomic mass is 32.1. The van der Waals surface area contributed by atoms with E-state index in [1.165, 1.54) is 32.3 Å². The first-order valence-electron chi connectivity index (χ1n) is 7.50. The van der Waals surface area contributed by atoms with Crippen LogP contribution in [0, 0.1) is 0 Å². The molecule has 0 atom stereocenters. The van der Waals surface area contributed by atoms with Gasteiger partial charge in [-0.3, -0.25) is 4.79 Å². The van der Waals surface area contributed by atoms with Crippen LogP contribution in [-0.2, 0) is 4.79 Å². The minimum atomic E-state index is 0.250. The van der Waals surface area contributed by atoms with E-state index in [0.29, 0.717) is 6.41 Å². The smallest absolute Gasteiger partial charge is 0.241 e. The van der Waals surface area contributed by atoms with E-state index in [1.807, 2.05) is 5.16 Å². The number of amides is 1. The van der Waals surface area contributed by atoms with Crippen LogP contribution in [0.25, 0.3) is 32.3 Å². The van der Waals surface area contributed by atoms with Crippen LogP contribution in [0.4, 0.5) is 0 Å². The van der Waals surface area contributed by atoms with E-state index < -0.39 is 0 Å². The minimum Gasteiger partial charge on any atom is -0.397 e. The highest BCUT2D eigenvalue weighted by Gasteiger charge is 2.05. The first kappa shape index (κ1) is 17.7. The molecule has 0 spiro atoms. The molecule has 0 radical (unpaired) electrons. The lowest BCUT2D eigenvalue weighted by atomic mass is 9.95. The third kappa shape index (κ3) is 3.81. The fourth-order valence-electron chi connectivity index (χ4n) is 2.69. The second-order valence-electron chi connectivity index (χ2n) is 4.93. The topological polar surface area (TPSA) is 49.7 Å². The van der Waals surface area contributed by atoms with Gasteiger partial charge in [0.2, 0.25) is 6.41 Å². The Hall–Kier alpha value is -2.65. The molecule has 0 unspecified atom stereocenters. The molecule has 24 heavy (non-hydrogen) atoms. The summed E-state index contributed by atoms with van der Waals surface area (Å²) in [5.41, 5.74) is 0. The van der Waals surface area contributed by atoms with E-state index in [2.05, 4.69) is 77.9 Å². The zero-order valence-electron chi connectivity index (χ0n) is 13.3. The van der Waals surface area contributed by atoms with Gasteiger partial charge in [-0.25, -0.2) is 0 Å². The van der Waals surface area contributed by atoms with Gasteiger partial charge in [0, 0.05) is 6.61 Å². The van der Waals surface area contributed by atoms with Crippen molar-refractivity contribution in [1.29, 1.82) is 0 Å². The van der Waals surface area contributed by atoms with Gasteiger partial charge in [0.05, 0.1) is 5.16 Å². The van der Waals surface area contributed by atoms with Gasteiger partial charge in [0.15, 0.2) is 0 Å². The minimum absolute atomic E-state index is 0.250. The number of carbonyl (C=O) groups excluding carboxylic acids is 1. The molecule has 0 aromatic heterocycles. The fourth-order valence-corrected chi connectivity index (χ4v) is 2.73. The molecular weight excluding hydrogens is 318 g/mol. The molecule has 0 saturated carbocycles. The highest BCUT2D eigenvalue weighted by molar-refractivity contribution is 7.78. The summed E-state index contributed by atoms with van der Waals surface area (Å²) in [5.74, 6) is 0. The maximum Gasteiger partial charge on any atom is 0.241 e. The van der Waals surface area contributed by atoms with Gasteiger partial charge in [0.25, 0.3) is 0 Å². The number of carbonyl (C=O) groups is 1. The van der Waals surface area contributed by atoms with Crippen molar-refractivity contribution in [1.82, 2.24) is 0 Å². The third-order valence-electron chi connectivity index (χ3n) is 3.50. The van der Waals surface area contributed by atoms with Gasteiger partial charge in [-0.2, -0.15) is 4.99 Å². The molecule has 4 heteroatoms. The Morgan fingerprint density at radius 2 is 1.25 bits per heavy atom. The molecule has 1 N–H and O–H groups in total. The van der Waals surface area contributed by atoms with Gasteiger partial charge in [-0.1, -0.05) is 60.7 Å². The number of nitrogens with zero attached hydrogens (tertiary/aromatic N) is 1. The van der Waals surface area contributed by atoms with E-state index >= 15 is 0 Å². The molecule has 0 aliphatic carbocycles. The van der Waals surface area contributed by atoms with Gasteiger partial charge < -0.3 is 5.11 Å². The molecule has 0 heterocycles. The van der Waals surface area contributed by atoms with Gasteiger partial charge in [-0.05, 0) is 51.5 Å². The summed E-state index contributed by atoms with van der Waals surface area (Å²) in [5, 5.41) is 17.6. The van der Waals surface area contributed by atoms with E-state index in [4.69, 9.17) is 9.90 Å². The maximum atomic E-state index is 9.11. The predicted octanol–water partition coefficient (Wildman–Crippen LogP) is 4.83. The molecule has 0 aliphatic heterocycles. The van der Waals surface area contributed by atoms with Crippen molar-refractivity contribution in [3.05, 3.63) is 60.7 Å². The van der Waals surface area contributed by atoms with Crippen LogP contribution >= 0.6 is 12.2 Å². The van der Waals surface area contributed by atoms with Crippen molar-refractivity contribution in [2.24, 2.45) is 4.99 Å². The summed E-state index contributed by atoms with van der Waals surface area (Å²) >= 11 is 4.00. The van der Waals surface area contributed by atoms with Crippen molar-refractivity contribution in [2.45, 2.75) is 6.92 Å². The van der Waals surface area contributed by atoms with Crippen molar-refractivity contribution in [3.63, 3.8) is 0 Å². The van der Waals surface area contributed by atoms with Gasteiger partial charge in [0.1, 0.15) is 0 Å². The number of hydrogen-bond donors (Lipinski definition) is 1. The van der Waals surface area contributed by atoms with Gasteiger partial charge in [-0.15, -0.1) is 0 Å². The monoisotopic (exact) mass is 335 g/mol. The zero-order chi connectivity index (χ0) is 17.4. The number of benzene rings is 4. The number of aliphatic hydroxyl groups is 1. The van der Waals surface area contributed by atoms with E-state index in [0.717, 1.165) is 0 Å². The highest BCUT2D eigenvalue weighted by Crippen LogP contribution is 2.33. The summed E-state index contributed by atoms with van der Waals surface area (Å²) in [6.07, 6.45) is 0.340. The summed E-state index contributed by atoms with van der Waals surface area (Å²) < 4.78 is 0. The van der Waals surface area contributed by atoms with Crippen LogP contribution < -0.4 is 0 Å². The molecule has 3 nitrogen and oxygen atoms in total. The Kier molecular flexibility index (Phi) is 6.52. The van der Waals surface area contributed by atoms with Crippen LogP contribution in [-0.4, -0.2) is 23.3 Å². The van der Waals surface area contributed by atoms with Crippen LogP contribution in [0.15, 0.2) is 65.7 Å². The summed E-state index contributed by atoms with van der Waals surface area (Å²) in [7, 11) is 0. The number of hydrogen-bond acceptors (Lipinski definition) is 3. The average Bonchev–Trinajstić information content (AvgIpc) is 2.62. The second-order valence-corrected chi connectivity index (χ2v) is 5.11. The number of aliphatic imine (C=N–C) groups is 1. The molecule has 4 rings (SSSR count). The van der Waals surface area contributed by atoms with E-state index in [-0.39, 0.29) is 6.61 Å². The SMILES string of the molecule is CCO.O=CN=C=S.c1cc2ccc3cccc4ccc(c1)c2c34. The maximum absolute atomic E-state index is 9.11. The Morgan fingerprint density at radius 1 is 0.917 bits per heavy atom. The Morgan fingerprint density at radius 3 is 1.46 bits per heavy atom. The van der Waals surface area contributed by atoms with Crippen molar-refractivity contribution >= 4 is 56.1 Å². The van der Waals surface area contributed by atoms with Crippen LogP contribution in [0.5, 0.6) is 0 Å². The molecule has 4 aromatic rings. The number of thiocarbonyl (C=S) groups is 1. The van der Waals surface area contributed by atoms with Crippen LogP contribution in [0.3, 0.4) is 0 Å². The third-order valence-corrected chi connectivity index (χ3v) is 3.60. The summed E-state index contributed by atoms with van der Waals surface area (Å²) in [4.78, 5) is 12.0. The molecule has 0 saturated heterocycles. The molecule has 0 aliphatic rings. The predicted molar refractivity (Wildman–Crippen MR) is 104 cm³/mol. The average molecular weight is 335 g/mol. The lowest BCUT2D eigenvalue weighted by molar-refractivity contribution is -0.106. The lowest BCUT2D eigenvalue weighted by Crippen LogP contribution is -1.82. The number of isothiocyanates is 1. The normalized spacial score (nSPS) is 9.58. The Balaban J connectivity index is 0.000000223. The van der Waals surface area contributed by atoms with Gasteiger partial charge >= 0.3 is 0 Å². The number of aliphatic hydroxyl groups excluding tert-OH is 1. The number of rotatable bonds is 1. The molecular formula is C20H17NO2S. The van der Waals surface area contributed by atoms with Crippen molar-refractivity contribution in [2.75, 3.05) is 6.61 Å². The lowest BCUT2D eigenvalue weighted by Gasteiger charge is -2.09. The molecule has 120 valence electrons. The van der Waals surface area contributed by atoms with Crippen LogP contribution in [0.2, 0.25) is 0 Å². The molecule has 0 bridgehead atoms. The molecule has 0 fully saturated rings. The van der Waals surface area contributed by atoms with Crippen molar-refractivity contribution in [3.8, 4) is 0 Å². The first-order chi connectivity index (χ1) is 11.8. The molecule has 4 aromatic carbocycles. The van der Waals surface area contributed by atoms with Crippen molar-refractivity contribution < 1.29 is 9.90 Å². The Bertz CT molecular complexity index is 861. The standard InChI is InChI=1S/C16H10.C2HNOS.C2H6O/c1-3-11-7-9-13-5-2-6-14-10-8-12(4-1)15(11)16(13)14;4-1-3-2-5;1-2-3/h1-10H;1H;3H,2H2,1H3. The fraction of sp³-hybridized carbons (Fsp3) is 0.100. The first-order valence-corrected chi connectivity index (χ1v) is 7.91. The quantitative estimate of drug-likeness (QED) is 0.235. The van der Waals surface area contributed by atoms with Crippen LogP contribution in [0.1, 0.15) is 6.92 Å². The van der Waals surface area contributed by atoms with E-state index in [1.54, 1.807) is 6.92 Å².